The van der Waals surface area contributed by atoms with Crippen molar-refractivity contribution in [3.63, 3.8) is 0 Å². The first-order chi connectivity index (χ1) is 11.5. The van der Waals surface area contributed by atoms with Crippen LogP contribution in [-0.2, 0) is 4.79 Å². The Hall–Kier alpha value is -2.81. The van der Waals surface area contributed by atoms with Crippen molar-refractivity contribution in [2.45, 2.75) is 19.0 Å². The monoisotopic (exact) mass is 343 g/mol. The number of aryl methyl sites for hydroxylation is 2. The van der Waals surface area contributed by atoms with Gasteiger partial charge in [-0.2, -0.15) is 5.10 Å². The molecule has 3 rings (SSSR count). The van der Waals surface area contributed by atoms with Crippen molar-refractivity contribution in [2.24, 2.45) is 0 Å². The fourth-order valence-electron chi connectivity index (χ4n) is 2.11. The van der Waals surface area contributed by atoms with E-state index in [1.807, 2.05) is 43.3 Å². The van der Waals surface area contributed by atoms with Gasteiger partial charge in [0.25, 0.3) is 0 Å². The summed E-state index contributed by atoms with van der Waals surface area (Å²) in [7, 11) is 0. The Balaban J connectivity index is 1.70. The molecule has 124 valence electrons. The summed E-state index contributed by atoms with van der Waals surface area (Å²) in [5.74, 6) is 6.99. The number of carbonyl (C=O) groups excluding carboxylic acids is 1. The van der Waals surface area contributed by atoms with E-state index in [1.165, 1.54) is 16.4 Å². The van der Waals surface area contributed by atoms with Crippen molar-refractivity contribution in [3.05, 3.63) is 47.9 Å². The highest BCUT2D eigenvalue weighted by atomic mass is 32.2. The maximum Gasteiger partial charge on any atom is 0.236 e. The van der Waals surface area contributed by atoms with Crippen LogP contribution in [0.5, 0.6) is 0 Å². The lowest BCUT2D eigenvalue weighted by molar-refractivity contribution is -0.113. The lowest BCUT2D eigenvalue weighted by Crippen LogP contribution is -2.18. The van der Waals surface area contributed by atoms with Gasteiger partial charge in [-0.3, -0.25) is 4.79 Å². The first-order valence-electron chi connectivity index (χ1n) is 7.26. The van der Waals surface area contributed by atoms with Gasteiger partial charge >= 0.3 is 0 Å². The molecule has 3 N–H and O–H groups in total. The number of para-hydroxylation sites is 1. The summed E-state index contributed by atoms with van der Waals surface area (Å²) in [5.41, 5.74) is 1.70. The van der Waals surface area contributed by atoms with Crippen LogP contribution in [0.15, 0.2) is 41.6 Å². The first kappa shape index (κ1) is 16.1. The van der Waals surface area contributed by atoms with E-state index in [9.17, 15) is 4.79 Å². The summed E-state index contributed by atoms with van der Waals surface area (Å²) in [4.78, 5) is 12.2. The number of rotatable bonds is 5. The van der Waals surface area contributed by atoms with Gasteiger partial charge in [0.15, 0.2) is 0 Å². The van der Waals surface area contributed by atoms with Gasteiger partial charge in [-0.15, -0.1) is 10.2 Å². The van der Waals surface area contributed by atoms with E-state index >= 15 is 0 Å². The van der Waals surface area contributed by atoms with Crippen molar-refractivity contribution in [3.8, 4) is 5.69 Å². The molecular weight excluding hydrogens is 326 g/mol. The molecule has 1 amide bonds. The van der Waals surface area contributed by atoms with Crippen LogP contribution in [-0.4, -0.2) is 36.3 Å². The fraction of sp³-hybridized carbons (Fsp3) is 0.200. The molecule has 0 aliphatic heterocycles. The number of benzene rings is 1. The van der Waals surface area contributed by atoms with Gasteiger partial charge in [-0.05, 0) is 26.0 Å². The molecule has 0 aliphatic carbocycles. The van der Waals surface area contributed by atoms with E-state index < -0.39 is 0 Å². The molecule has 2 aromatic heterocycles. The molecule has 2 heterocycles. The van der Waals surface area contributed by atoms with Crippen molar-refractivity contribution in [1.29, 1.82) is 0 Å². The Kier molecular flexibility index (Phi) is 4.52. The summed E-state index contributed by atoms with van der Waals surface area (Å²) in [6.45, 7) is 3.63. The second-order valence-electron chi connectivity index (χ2n) is 5.15. The number of anilines is 1. The summed E-state index contributed by atoms with van der Waals surface area (Å²) in [6.07, 6.45) is 0. The molecule has 3 aromatic rings. The molecule has 0 atom stereocenters. The molecule has 0 saturated carbocycles. The van der Waals surface area contributed by atoms with Crippen LogP contribution in [0.2, 0.25) is 0 Å². The van der Waals surface area contributed by atoms with Crippen LogP contribution in [0.3, 0.4) is 0 Å². The lowest BCUT2D eigenvalue weighted by Gasteiger charge is -2.08. The van der Waals surface area contributed by atoms with Crippen LogP contribution < -0.4 is 11.2 Å². The smallest absolute Gasteiger partial charge is 0.236 e. The Morgan fingerprint density at radius 1 is 1.25 bits per heavy atom. The van der Waals surface area contributed by atoms with Crippen LogP contribution in [0.4, 0.5) is 5.82 Å². The zero-order valence-electron chi connectivity index (χ0n) is 13.3. The second kappa shape index (κ2) is 6.75. The fourth-order valence-corrected chi connectivity index (χ4v) is 2.81. The van der Waals surface area contributed by atoms with Crippen molar-refractivity contribution >= 4 is 23.5 Å². The van der Waals surface area contributed by atoms with Gasteiger partial charge < -0.3 is 11.2 Å². The molecule has 0 bridgehead atoms. The Bertz CT molecular complexity index is 856. The zero-order chi connectivity index (χ0) is 17.1. The summed E-state index contributed by atoms with van der Waals surface area (Å²) < 4.78 is 3.06. The molecule has 0 radical (unpaired) electrons. The maximum atomic E-state index is 12.2. The van der Waals surface area contributed by atoms with Gasteiger partial charge in [0, 0.05) is 6.07 Å². The molecule has 0 spiro atoms. The molecule has 9 heteroatoms. The third-order valence-electron chi connectivity index (χ3n) is 3.27. The highest BCUT2D eigenvalue weighted by Gasteiger charge is 2.13. The average molecular weight is 343 g/mol. The lowest BCUT2D eigenvalue weighted by atomic mass is 10.3. The molecular formula is C15H17N7OS. The van der Waals surface area contributed by atoms with E-state index in [4.69, 9.17) is 5.84 Å². The first-order valence-corrected chi connectivity index (χ1v) is 8.25. The van der Waals surface area contributed by atoms with E-state index in [0.717, 1.165) is 11.4 Å². The van der Waals surface area contributed by atoms with Crippen molar-refractivity contribution < 1.29 is 4.79 Å². The number of nitrogen functional groups attached to an aromatic ring is 1. The van der Waals surface area contributed by atoms with Gasteiger partial charge in [-0.1, -0.05) is 30.0 Å². The Labute approximate surface area is 143 Å². The molecule has 0 saturated heterocycles. The molecule has 0 fully saturated rings. The molecule has 8 nitrogen and oxygen atoms in total. The molecule has 1 aromatic carbocycles. The number of nitrogens with two attached hydrogens (primary N) is 1. The van der Waals surface area contributed by atoms with Crippen molar-refractivity contribution in [1.82, 2.24) is 24.7 Å². The zero-order valence-corrected chi connectivity index (χ0v) is 14.1. The third kappa shape index (κ3) is 3.40. The minimum atomic E-state index is -0.169. The number of amides is 1. The number of nitrogens with zero attached hydrogens (tertiary/aromatic N) is 5. The Morgan fingerprint density at radius 3 is 2.67 bits per heavy atom. The number of hydrogen-bond donors (Lipinski definition) is 2. The summed E-state index contributed by atoms with van der Waals surface area (Å²) in [5, 5.41) is 15.6. The molecule has 0 aliphatic rings. The highest BCUT2D eigenvalue weighted by molar-refractivity contribution is 7.99. The third-order valence-corrected chi connectivity index (χ3v) is 4.21. The maximum absolute atomic E-state index is 12.2. The highest BCUT2D eigenvalue weighted by Crippen LogP contribution is 2.18. The molecule has 24 heavy (non-hydrogen) atoms. The average Bonchev–Trinajstić information content (AvgIpc) is 3.10. The number of thioether (sulfide) groups is 1. The largest absolute Gasteiger partial charge is 0.336 e. The van der Waals surface area contributed by atoms with Crippen LogP contribution >= 0.6 is 11.8 Å². The number of hydrogen-bond acceptors (Lipinski definition) is 6. The van der Waals surface area contributed by atoms with E-state index in [2.05, 4.69) is 20.6 Å². The number of nitrogens with one attached hydrogen (secondary N) is 1. The topological polar surface area (TPSA) is 104 Å². The van der Waals surface area contributed by atoms with Crippen LogP contribution in [0.25, 0.3) is 5.69 Å². The predicted molar refractivity (Wildman–Crippen MR) is 92.6 cm³/mol. The second-order valence-corrected chi connectivity index (χ2v) is 6.10. The van der Waals surface area contributed by atoms with E-state index in [0.29, 0.717) is 16.8 Å². The van der Waals surface area contributed by atoms with Crippen molar-refractivity contribution in [2.75, 3.05) is 16.9 Å². The minimum Gasteiger partial charge on any atom is -0.336 e. The van der Waals surface area contributed by atoms with Gasteiger partial charge in [0.1, 0.15) is 11.6 Å². The molecule has 0 unspecified atom stereocenters. The van der Waals surface area contributed by atoms with Gasteiger partial charge in [0.2, 0.25) is 11.1 Å². The van der Waals surface area contributed by atoms with Gasteiger partial charge in [0.05, 0.1) is 17.1 Å². The minimum absolute atomic E-state index is 0.169. The summed E-state index contributed by atoms with van der Waals surface area (Å²) >= 11 is 1.23. The standard InChI is InChI=1S/C15H17N7OS/c1-10-8-13(22(20-10)12-6-4-3-5-7-12)17-14(23)9-24-15-19-18-11(2)21(15)16/h3-8H,9,16H2,1-2H3,(H,17,23). The van der Waals surface area contributed by atoms with Crippen LogP contribution in [0, 0.1) is 13.8 Å². The van der Waals surface area contributed by atoms with E-state index in [1.54, 1.807) is 11.6 Å². The number of carbonyl (C=O) groups is 1. The summed E-state index contributed by atoms with van der Waals surface area (Å²) in [6, 6.07) is 11.5. The van der Waals surface area contributed by atoms with Crippen LogP contribution in [0.1, 0.15) is 11.5 Å². The Morgan fingerprint density at radius 2 is 2.00 bits per heavy atom. The van der Waals surface area contributed by atoms with E-state index in [-0.39, 0.29) is 11.7 Å². The van der Waals surface area contributed by atoms with Gasteiger partial charge in [-0.25, -0.2) is 9.36 Å². The normalized spacial score (nSPS) is 10.8. The number of aromatic nitrogens is 5. The SMILES string of the molecule is Cc1cc(NC(=O)CSc2nnc(C)n2N)n(-c2ccccc2)n1. The quantitative estimate of drug-likeness (QED) is 0.538. The predicted octanol–water partition coefficient (Wildman–Crippen LogP) is 1.53.